The smallest absolute Gasteiger partial charge is 0.322 e. The molecule has 2 aliphatic heterocycles. The number of hydrogen-bond acceptors (Lipinski definition) is 4. The second-order valence-corrected chi connectivity index (χ2v) is 11.4. The second-order valence-electron chi connectivity index (χ2n) is 11.4. The molecule has 5 rings (SSSR count). The number of likely N-dealkylation sites (N-methyl/N-ethyl adjacent to an activating group) is 1. The van der Waals surface area contributed by atoms with E-state index in [1.165, 1.54) is 5.56 Å². The highest BCUT2D eigenvalue weighted by molar-refractivity contribution is 6.03. The molecule has 43 heavy (non-hydrogen) atoms. The molecule has 0 unspecified atom stereocenters. The van der Waals surface area contributed by atoms with Gasteiger partial charge in [0, 0.05) is 13.1 Å². The van der Waals surface area contributed by atoms with E-state index in [-0.39, 0.29) is 30.3 Å². The van der Waals surface area contributed by atoms with E-state index in [0.29, 0.717) is 42.3 Å². The number of rotatable bonds is 12. The molecule has 0 radical (unpaired) electrons. The van der Waals surface area contributed by atoms with Crippen molar-refractivity contribution in [3.05, 3.63) is 107 Å². The number of hydrogen-bond donors (Lipinski definition) is 2. The molecule has 0 saturated carbocycles. The zero-order chi connectivity index (χ0) is 30.3. The maximum atomic E-state index is 14.2. The molecule has 3 aromatic rings. The van der Waals surface area contributed by atoms with Gasteiger partial charge in [0.1, 0.15) is 17.5 Å². The van der Waals surface area contributed by atoms with Gasteiger partial charge in [0.15, 0.2) is 0 Å². The summed E-state index contributed by atoms with van der Waals surface area (Å²) >= 11 is 0. The van der Waals surface area contributed by atoms with E-state index in [1.54, 1.807) is 9.80 Å². The van der Waals surface area contributed by atoms with E-state index in [0.717, 1.165) is 18.4 Å². The van der Waals surface area contributed by atoms with Crippen LogP contribution in [-0.2, 0) is 16.0 Å². The molecule has 0 aliphatic carbocycles. The fourth-order valence-corrected chi connectivity index (χ4v) is 5.82. The first-order valence-corrected chi connectivity index (χ1v) is 15.1. The monoisotopic (exact) mass is 580 g/mol. The average molecular weight is 581 g/mol. The molecule has 0 saturated heterocycles. The van der Waals surface area contributed by atoms with Crippen LogP contribution in [0.5, 0.6) is 11.5 Å². The lowest BCUT2D eigenvalue weighted by Gasteiger charge is -2.33. The van der Waals surface area contributed by atoms with Gasteiger partial charge in [-0.05, 0) is 67.5 Å². The summed E-state index contributed by atoms with van der Waals surface area (Å²) in [7, 11) is 0. The lowest BCUT2D eigenvalue weighted by Crippen LogP contribution is -2.49. The average Bonchev–Trinajstić information content (AvgIpc) is 3.35. The predicted octanol–water partition coefficient (Wildman–Crippen LogP) is 5.83. The number of aryl methyl sites for hydroxylation is 1. The van der Waals surface area contributed by atoms with Crippen molar-refractivity contribution in [3.8, 4) is 11.5 Å². The molecule has 224 valence electrons. The molecule has 8 nitrogen and oxygen atoms in total. The number of amides is 4. The van der Waals surface area contributed by atoms with E-state index >= 15 is 0 Å². The van der Waals surface area contributed by atoms with Gasteiger partial charge in [-0.15, -0.1) is 0 Å². The van der Waals surface area contributed by atoms with Crippen molar-refractivity contribution in [2.45, 2.75) is 52.1 Å². The Kier molecular flexibility index (Phi) is 9.45. The molecule has 2 aliphatic rings. The van der Waals surface area contributed by atoms with E-state index in [4.69, 9.17) is 4.74 Å². The topological polar surface area (TPSA) is 91.0 Å². The van der Waals surface area contributed by atoms with Gasteiger partial charge < -0.3 is 20.3 Å². The van der Waals surface area contributed by atoms with Gasteiger partial charge in [0.25, 0.3) is 5.91 Å². The molecular weight excluding hydrogens is 540 g/mol. The molecule has 0 fully saturated rings. The fourth-order valence-electron chi connectivity index (χ4n) is 5.82. The van der Waals surface area contributed by atoms with Crippen LogP contribution in [0.1, 0.15) is 50.8 Å². The molecule has 0 spiro atoms. The maximum absolute atomic E-state index is 14.2. The summed E-state index contributed by atoms with van der Waals surface area (Å²) in [6.07, 6.45) is 2.19. The van der Waals surface area contributed by atoms with Gasteiger partial charge in [-0.2, -0.15) is 0 Å². The van der Waals surface area contributed by atoms with Crippen LogP contribution in [0.25, 0.3) is 0 Å². The van der Waals surface area contributed by atoms with Gasteiger partial charge in [0.2, 0.25) is 5.91 Å². The second kappa shape index (κ2) is 13.6. The van der Waals surface area contributed by atoms with Crippen molar-refractivity contribution in [2.75, 3.05) is 19.6 Å². The molecule has 2 atom stereocenters. The number of para-hydroxylation sites is 1. The van der Waals surface area contributed by atoms with Gasteiger partial charge in [-0.1, -0.05) is 74.5 Å². The number of nitrogens with one attached hydrogen (secondary N) is 2. The van der Waals surface area contributed by atoms with E-state index < -0.39 is 12.1 Å². The van der Waals surface area contributed by atoms with Crippen molar-refractivity contribution in [2.24, 2.45) is 5.92 Å². The molecule has 2 heterocycles. The number of ether oxygens (including phenoxy) is 1. The van der Waals surface area contributed by atoms with Gasteiger partial charge in [-0.25, -0.2) is 4.79 Å². The summed E-state index contributed by atoms with van der Waals surface area (Å²) in [6, 6.07) is 25.5. The Labute approximate surface area is 253 Å². The van der Waals surface area contributed by atoms with Crippen LogP contribution in [0.3, 0.4) is 0 Å². The Morgan fingerprint density at radius 3 is 2.37 bits per heavy atom. The minimum Gasteiger partial charge on any atom is -0.457 e. The standard InChI is InChI=1S/C35H40N4O4/c1-4-38-30-23-39(29(21-24(2)3)33(40)36-20-12-15-25-13-7-5-8-14-25)34(41)31(30)32(37-35(38)42)26-16-11-19-28(22-26)43-27-17-9-6-10-18-27/h5-11,13-14,16-19,22,24,29,32H,4,12,15,20-21,23H2,1-3H3,(H,36,40)(H,37,42)/t29-,32+/m1/s1. The quantitative estimate of drug-likeness (QED) is 0.264. The van der Waals surface area contributed by atoms with Crippen LogP contribution in [0.4, 0.5) is 4.79 Å². The van der Waals surface area contributed by atoms with E-state index in [2.05, 4.69) is 22.8 Å². The summed E-state index contributed by atoms with van der Waals surface area (Å²) in [5, 5.41) is 6.12. The zero-order valence-corrected chi connectivity index (χ0v) is 25.1. The van der Waals surface area contributed by atoms with Crippen LogP contribution < -0.4 is 15.4 Å². The van der Waals surface area contributed by atoms with Crippen LogP contribution in [0, 0.1) is 5.92 Å². The third-order valence-corrected chi connectivity index (χ3v) is 7.89. The Hall–Kier alpha value is -4.59. The highest BCUT2D eigenvalue weighted by Gasteiger charge is 2.46. The minimum absolute atomic E-state index is 0.160. The lowest BCUT2D eigenvalue weighted by atomic mass is 9.95. The molecule has 8 heteroatoms. The Morgan fingerprint density at radius 2 is 1.67 bits per heavy atom. The highest BCUT2D eigenvalue weighted by atomic mass is 16.5. The summed E-state index contributed by atoms with van der Waals surface area (Å²) < 4.78 is 6.04. The zero-order valence-electron chi connectivity index (χ0n) is 25.1. The summed E-state index contributed by atoms with van der Waals surface area (Å²) in [4.78, 5) is 44.3. The van der Waals surface area contributed by atoms with Crippen molar-refractivity contribution >= 4 is 17.8 Å². The first-order valence-electron chi connectivity index (χ1n) is 15.1. The molecule has 3 aromatic carbocycles. The van der Waals surface area contributed by atoms with Crippen LogP contribution in [0.15, 0.2) is 96.2 Å². The maximum Gasteiger partial charge on any atom is 0.322 e. The predicted molar refractivity (Wildman–Crippen MR) is 166 cm³/mol. The molecule has 0 bridgehead atoms. The number of carbonyl (C=O) groups excluding carboxylic acids is 3. The van der Waals surface area contributed by atoms with E-state index in [1.807, 2.05) is 93.6 Å². The SMILES string of the molecule is CCN1C(=O)N[C@@H](c2cccc(Oc3ccccc3)c2)C2=C1CN([C@H](CC(C)C)C(=O)NCCCc1ccccc1)C2=O. The summed E-state index contributed by atoms with van der Waals surface area (Å²) in [5.41, 5.74) is 3.12. The molecule has 4 amide bonds. The summed E-state index contributed by atoms with van der Waals surface area (Å²) in [6.45, 7) is 7.13. The normalized spacial score (nSPS) is 17.2. The van der Waals surface area contributed by atoms with Crippen LogP contribution in [0.2, 0.25) is 0 Å². The van der Waals surface area contributed by atoms with Gasteiger partial charge in [0.05, 0.1) is 23.9 Å². The van der Waals surface area contributed by atoms with Crippen molar-refractivity contribution in [1.29, 1.82) is 0 Å². The van der Waals surface area contributed by atoms with Crippen LogP contribution >= 0.6 is 0 Å². The fraction of sp³-hybridized carbons (Fsp3) is 0.343. The Balaban J connectivity index is 1.36. The third-order valence-electron chi connectivity index (χ3n) is 7.89. The van der Waals surface area contributed by atoms with Crippen molar-refractivity contribution in [3.63, 3.8) is 0 Å². The number of nitrogens with zero attached hydrogens (tertiary/aromatic N) is 2. The first-order chi connectivity index (χ1) is 20.9. The number of benzene rings is 3. The van der Waals surface area contributed by atoms with Crippen molar-refractivity contribution < 1.29 is 19.1 Å². The Bertz CT molecular complexity index is 1470. The first kappa shape index (κ1) is 29.9. The molecule has 2 N–H and O–H groups in total. The largest absolute Gasteiger partial charge is 0.457 e. The molecular formula is C35H40N4O4. The van der Waals surface area contributed by atoms with E-state index in [9.17, 15) is 14.4 Å². The number of carbonyl (C=O) groups is 3. The number of urea groups is 1. The van der Waals surface area contributed by atoms with Crippen LogP contribution in [-0.4, -0.2) is 53.3 Å². The van der Waals surface area contributed by atoms with Gasteiger partial charge in [-0.3, -0.25) is 14.5 Å². The third kappa shape index (κ3) is 6.91. The highest BCUT2D eigenvalue weighted by Crippen LogP contribution is 2.38. The lowest BCUT2D eigenvalue weighted by molar-refractivity contribution is -0.137. The summed E-state index contributed by atoms with van der Waals surface area (Å²) in [5.74, 6) is 1.10. The minimum atomic E-state index is -0.657. The Morgan fingerprint density at radius 1 is 0.977 bits per heavy atom. The van der Waals surface area contributed by atoms with Gasteiger partial charge >= 0.3 is 6.03 Å². The van der Waals surface area contributed by atoms with Crippen molar-refractivity contribution in [1.82, 2.24) is 20.4 Å². The molecule has 0 aromatic heterocycles.